The van der Waals surface area contributed by atoms with Gasteiger partial charge >= 0.3 is 0 Å². The van der Waals surface area contributed by atoms with Crippen molar-refractivity contribution in [3.63, 3.8) is 0 Å². The highest BCUT2D eigenvalue weighted by Crippen LogP contribution is 2.28. The van der Waals surface area contributed by atoms with Crippen molar-refractivity contribution in [2.75, 3.05) is 16.9 Å². The molecule has 0 spiro atoms. The van der Waals surface area contributed by atoms with Crippen LogP contribution in [0.1, 0.15) is 26.6 Å². The number of amides is 2. The number of aromatic amines is 1. The van der Waals surface area contributed by atoms with Crippen LogP contribution < -0.4 is 11.1 Å². The molecule has 1 unspecified atom stereocenters. The Morgan fingerprint density at radius 1 is 1.33 bits per heavy atom. The first kappa shape index (κ1) is 19.4. The van der Waals surface area contributed by atoms with E-state index in [9.17, 15) is 9.59 Å². The van der Waals surface area contributed by atoms with Gasteiger partial charge in [0.1, 0.15) is 11.9 Å². The molecule has 144 valence electrons. The first-order chi connectivity index (χ1) is 12.8. The third kappa shape index (κ3) is 4.30. The maximum absolute atomic E-state index is 12.7. The zero-order chi connectivity index (χ0) is 19.6. The third-order valence-corrected chi connectivity index (χ3v) is 5.24. The molecule has 27 heavy (non-hydrogen) atoms. The molecule has 1 atom stereocenters. The Morgan fingerprint density at radius 3 is 2.63 bits per heavy atom. The number of H-pyrrole nitrogens is 1. The summed E-state index contributed by atoms with van der Waals surface area (Å²) in [6.45, 7) is 5.89. The fourth-order valence-corrected chi connectivity index (χ4v) is 3.89. The van der Waals surface area contributed by atoms with E-state index in [4.69, 9.17) is 5.73 Å². The van der Waals surface area contributed by atoms with Gasteiger partial charge in [-0.3, -0.25) is 14.7 Å². The zero-order valence-electron chi connectivity index (χ0n) is 15.7. The fraction of sp³-hybridized carbons (Fsp3) is 0.444. The summed E-state index contributed by atoms with van der Waals surface area (Å²) in [5, 5.41) is 9.78. The van der Waals surface area contributed by atoms with Crippen LogP contribution in [-0.2, 0) is 16.1 Å². The third-order valence-electron chi connectivity index (χ3n) is 4.22. The minimum atomic E-state index is -0.510. The first-order valence-electron chi connectivity index (χ1n) is 8.71. The first-order valence-corrected chi connectivity index (χ1v) is 9.86. The van der Waals surface area contributed by atoms with Crippen LogP contribution in [0.5, 0.6) is 0 Å². The van der Waals surface area contributed by atoms with Crippen LogP contribution in [0.15, 0.2) is 24.3 Å². The summed E-state index contributed by atoms with van der Waals surface area (Å²) in [5.74, 6) is 2.14. The van der Waals surface area contributed by atoms with E-state index in [0.717, 1.165) is 5.56 Å². The van der Waals surface area contributed by atoms with Gasteiger partial charge in [-0.05, 0) is 24.3 Å². The molecule has 2 heterocycles. The van der Waals surface area contributed by atoms with Gasteiger partial charge in [0.15, 0.2) is 5.82 Å². The van der Waals surface area contributed by atoms with E-state index in [1.54, 1.807) is 28.8 Å². The number of carbonyl (C=O) groups is 2. The lowest BCUT2D eigenvalue weighted by atomic mass is 9.94. The van der Waals surface area contributed by atoms with Crippen LogP contribution in [0.3, 0.4) is 0 Å². The van der Waals surface area contributed by atoms with E-state index >= 15 is 0 Å². The maximum atomic E-state index is 12.7. The van der Waals surface area contributed by atoms with Crippen molar-refractivity contribution >= 4 is 29.3 Å². The topological polar surface area (TPSA) is 117 Å². The fourth-order valence-electron chi connectivity index (χ4n) is 2.73. The molecular weight excluding hydrogens is 364 g/mol. The van der Waals surface area contributed by atoms with Crippen molar-refractivity contribution in [1.29, 1.82) is 0 Å². The lowest BCUT2D eigenvalue weighted by molar-refractivity contribution is -0.143. The normalized spacial score (nSPS) is 17.2. The lowest BCUT2D eigenvalue weighted by Gasteiger charge is -2.29. The van der Waals surface area contributed by atoms with Crippen LogP contribution in [0.25, 0.3) is 11.4 Å². The highest BCUT2D eigenvalue weighted by Gasteiger charge is 2.39. The summed E-state index contributed by atoms with van der Waals surface area (Å²) in [4.78, 5) is 31.2. The van der Waals surface area contributed by atoms with E-state index in [0.29, 0.717) is 35.5 Å². The van der Waals surface area contributed by atoms with Gasteiger partial charge in [-0.1, -0.05) is 20.8 Å². The lowest BCUT2D eigenvalue weighted by Crippen LogP contribution is -2.48. The van der Waals surface area contributed by atoms with Gasteiger partial charge in [0.05, 0.1) is 12.4 Å². The van der Waals surface area contributed by atoms with Crippen LogP contribution in [0, 0.1) is 5.41 Å². The Hall–Kier alpha value is -2.39. The Labute approximate surface area is 162 Å². The van der Waals surface area contributed by atoms with Crippen molar-refractivity contribution in [3.05, 3.63) is 30.1 Å². The molecule has 4 N–H and O–H groups in total. The second-order valence-corrected chi connectivity index (χ2v) is 8.42. The highest BCUT2D eigenvalue weighted by molar-refractivity contribution is 7.99. The molecule has 0 radical (unpaired) electrons. The zero-order valence-corrected chi connectivity index (χ0v) is 16.5. The number of benzene rings is 1. The number of anilines is 1. The molecule has 1 aliphatic heterocycles. The number of hydrogen-bond acceptors (Lipinski definition) is 6. The second kappa shape index (κ2) is 7.69. The van der Waals surface area contributed by atoms with Gasteiger partial charge in [-0.2, -0.15) is 5.10 Å². The van der Waals surface area contributed by atoms with Crippen molar-refractivity contribution in [3.8, 4) is 11.4 Å². The van der Waals surface area contributed by atoms with Crippen molar-refractivity contribution in [2.45, 2.75) is 33.4 Å². The molecule has 1 aromatic heterocycles. The monoisotopic (exact) mass is 388 g/mol. The Kier molecular flexibility index (Phi) is 5.52. The van der Waals surface area contributed by atoms with Gasteiger partial charge in [-0.15, -0.1) is 11.8 Å². The number of nitrogens with zero attached hydrogens (tertiary/aromatic N) is 3. The Morgan fingerprint density at radius 2 is 2.04 bits per heavy atom. The minimum Gasteiger partial charge on any atom is -0.324 e. The largest absolute Gasteiger partial charge is 0.324 e. The smallest absolute Gasteiger partial charge is 0.248 e. The predicted molar refractivity (Wildman–Crippen MR) is 106 cm³/mol. The number of aromatic nitrogens is 3. The van der Waals surface area contributed by atoms with Gasteiger partial charge in [0.25, 0.3) is 0 Å². The summed E-state index contributed by atoms with van der Waals surface area (Å²) < 4.78 is 0. The SMILES string of the molecule is CC(C)(C)C(=O)N1CSCC1C(=O)Nc1ccc(-c2n[nH]c(CN)n2)cc1. The second-order valence-electron chi connectivity index (χ2n) is 7.42. The van der Waals surface area contributed by atoms with Crippen molar-refractivity contribution in [1.82, 2.24) is 20.1 Å². The molecule has 1 aliphatic rings. The van der Waals surface area contributed by atoms with E-state index < -0.39 is 11.5 Å². The van der Waals surface area contributed by atoms with Crippen LogP contribution in [0.4, 0.5) is 5.69 Å². The van der Waals surface area contributed by atoms with Gasteiger partial charge in [-0.25, -0.2) is 4.98 Å². The van der Waals surface area contributed by atoms with Crippen LogP contribution >= 0.6 is 11.8 Å². The average Bonchev–Trinajstić information content (AvgIpc) is 3.30. The molecule has 0 aliphatic carbocycles. The molecule has 1 fully saturated rings. The molecular formula is C18H24N6O2S. The van der Waals surface area contributed by atoms with Crippen molar-refractivity contribution < 1.29 is 9.59 Å². The molecule has 2 aromatic rings. The summed E-state index contributed by atoms with van der Waals surface area (Å²) >= 11 is 1.59. The summed E-state index contributed by atoms with van der Waals surface area (Å²) in [5.41, 5.74) is 6.51. The summed E-state index contributed by atoms with van der Waals surface area (Å²) in [7, 11) is 0. The van der Waals surface area contributed by atoms with E-state index in [2.05, 4.69) is 20.5 Å². The molecule has 0 bridgehead atoms. The Balaban J connectivity index is 1.67. The van der Waals surface area contributed by atoms with Crippen molar-refractivity contribution in [2.24, 2.45) is 11.1 Å². The maximum Gasteiger partial charge on any atom is 0.248 e. The molecule has 1 aromatic carbocycles. The Bertz CT molecular complexity index is 827. The van der Waals surface area contributed by atoms with E-state index in [-0.39, 0.29) is 11.8 Å². The summed E-state index contributed by atoms with van der Waals surface area (Å²) in [6, 6.07) is 6.80. The minimum absolute atomic E-state index is 0.0108. The molecule has 1 saturated heterocycles. The number of thioether (sulfide) groups is 1. The molecule has 2 amide bonds. The van der Waals surface area contributed by atoms with E-state index in [1.807, 2.05) is 32.9 Å². The molecule has 0 saturated carbocycles. The number of carbonyl (C=O) groups excluding carboxylic acids is 2. The van der Waals surface area contributed by atoms with E-state index in [1.165, 1.54) is 0 Å². The van der Waals surface area contributed by atoms with Crippen LogP contribution in [-0.4, -0.2) is 49.6 Å². The van der Waals surface area contributed by atoms with Gasteiger partial charge < -0.3 is 16.0 Å². The number of nitrogens with two attached hydrogens (primary N) is 1. The van der Waals surface area contributed by atoms with Gasteiger partial charge in [0, 0.05) is 22.4 Å². The average molecular weight is 388 g/mol. The van der Waals surface area contributed by atoms with Gasteiger partial charge in [0.2, 0.25) is 11.8 Å². The summed E-state index contributed by atoms with van der Waals surface area (Å²) in [6.07, 6.45) is 0. The number of rotatable bonds is 4. The van der Waals surface area contributed by atoms with Crippen LogP contribution in [0.2, 0.25) is 0 Å². The molecule has 8 nitrogen and oxygen atoms in total. The highest BCUT2D eigenvalue weighted by atomic mass is 32.2. The molecule has 9 heteroatoms. The number of hydrogen-bond donors (Lipinski definition) is 3. The molecule has 3 rings (SSSR count). The number of nitrogens with one attached hydrogen (secondary N) is 2. The predicted octanol–water partition coefficient (Wildman–Crippen LogP) is 1.82. The standard InChI is InChI=1S/C18H24N6O2S/c1-18(2,3)17(26)24-10-27-9-13(24)16(25)20-12-6-4-11(5-7-12)15-21-14(8-19)22-23-15/h4-7,13H,8-10,19H2,1-3H3,(H,20,25)(H,21,22,23). The quantitative estimate of drug-likeness (QED) is 0.735.